The highest BCUT2D eigenvalue weighted by atomic mass is 16.2. The smallest absolute Gasteiger partial charge is 0.274 e. The molecule has 26 heavy (non-hydrogen) atoms. The Balaban J connectivity index is 1.94. The van der Waals surface area contributed by atoms with Gasteiger partial charge in [0, 0.05) is 11.9 Å². The van der Waals surface area contributed by atoms with E-state index in [0.717, 1.165) is 5.56 Å². The molecule has 0 spiro atoms. The predicted molar refractivity (Wildman–Crippen MR) is 99.5 cm³/mol. The molecule has 2 amide bonds. The molecule has 0 radical (unpaired) electrons. The molecule has 0 bridgehead atoms. The van der Waals surface area contributed by atoms with Crippen LogP contribution in [0.4, 0.5) is 5.69 Å². The quantitative estimate of drug-likeness (QED) is 0.783. The molecule has 1 unspecified atom stereocenters. The zero-order valence-electron chi connectivity index (χ0n) is 14.7. The summed E-state index contributed by atoms with van der Waals surface area (Å²) in [5.74, 6) is -0.743. The lowest BCUT2D eigenvalue weighted by Crippen LogP contribution is -2.53. The number of hydrogen-bond acceptors (Lipinski definition) is 5. The molecule has 7 heteroatoms. The van der Waals surface area contributed by atoms with Crippen molar-refractivity contribution in [2.24, 2.45) is 16.6 Å². The van der Waals surface area contributed by atoms with Gasteiger partial charge in [0.25, 0.3) is 5.91 Å². The van der Waals surface area contributed by atoms with Crippen molar-refractivity contribution < 1.29 is 9.59 Å². The fourth-order valence-corrected chi connectivity index (χ4v) is 3.25. The summed E-state index contributed by atoms with van der Waals surface area (Å²) in [4.78, 5) is 33.2. The molecule has 4 N–H and O–H groups in total. The highest BCUT2D eigenvalue weighted by Crippen LogP contribution is 2.40. The maximum absolute atomic E-state index is 12.3. The van der Waals surface area contributed by atoms with Gasteiger partial charge in [0.2, 0.25) is 5.91 Å². The molecule has 0 saturated carbocycles. The van der Waals surface area contributed by atoms with E-state index in [1.807, 2.05) is 32.0 Å². The third-order valence-electron chi connectivity index (χ3n) is 4.74. The van der Waals surface area contributed by atoms with Gasteiger partial charge in [-0.15, -0.1) is 0 Å². The van der Waals surface area contributed by atoms with Gasteiger partial charge in [-0.3, -0.25) is 19.9 Å². The van der Waals surface area contributed by atoms with Gasteiger partial charge in [-0.1, -0.05) is 32.0 Å². The molecule has 2 heterocycles. The molecule has 134 valence electrons. The third-order valence-corrected chi connectivity index (χ3v) is 4.74. The first-order chi connectivity index (χ1) is 12.5. The SMILES string of the molecule is CC[C@]1(c2cccc(NC(=O)c3ccccn3)c2)N=C(N)NC(=O)C1C. The van der Waals surface area contributed by atoms with Crippen LogP contribution in [0.5, 0.6) is 0 Å². The number of benzene rings is 1. The number of aromatic nitrogens is 1. The van der Waals surface area contributed by atoms with Crippen LogP contribution in [0.15, 0.2) is 53.7 Å². The van der Waals surface area contributed by atoms with Gasteiger partial charge in [-0.25, -0.2) is 4.99 Å². The molecular formula is C19H21N5O2. The second-order valence-corrected chi connectivity index (χ2v) is 6.24. The number of carbonyl (C=O) groups excluding carboxylic acids is 2. The first-order valence-electron chi connectivity index (χ1n) is 8.45. The Hall–Kier alpha value is -3.22. The summed E-state index contributed by atoms with van der Waals surface area (Å²) in [7, 11) is 0. The molecule has 3 rings (SSSR count). The van der Waals surface area contributed by atoms with Crippen molar-refractivity contribution in [3.8, 4) is 0 Å². The Morgan fingerprint density at radius 1 is 1.31 bits per heavy atom. The maximum Gasteiger partial charge on any atom is 0.274 e. The molecular weight excluding hydrogens is 330 g/mol. The number of carbonyl (C=O) groups is 2. The van der Waals surface area contributed by atoms with Gasteiger partial charge in [0.05, 0.1) is 5.92 Å². The molecule has 1 aliphatic rings. The number of hydrogen-bond donors (Lipinski definition) is 3. The first-order valence-corrected chi connectivity index (χ1v) is 8.45. The van der Waals surface area contributed by atoms with E-state index >= 15 is 0 Å². The van der Waals surface area contributed by atoms with Crippen molar-refractivity contribution in [2.45, 2.75) is 25.8 Å². The molecule has 0 saturated heterocycles. The lowest BCUT2D eigenvalue weighted by molar-refractivity contribution is -0.126. The Bertz CT molecular complexity index is 865. The number of rotatable bonds is 4. The van der Waals surface area contributed by atoms with E-state index in [9.17, 15) is 9.59 Å². The van der Waals surface area contributed by atoms with Crippen molar-refractivity contribution in [1.29, 1.82) is 0 Å². The lowest BCUT2D eigenvalue weighted by atomic mass is 9.76. The number of nitrogens with two attached hydrogens (primary N) is 1. The van der Waals surface area contributed by atoms with E-state index in [1.54, 1.807) is 30.5 Å². The van der Waals surface area contributed by atoms with Crippen LogP contribution < -0.4 is 16.4 Å². The van der Waals surface area contributed by atoms with Gasteiger partial charge in [0.15, 0.2) is 5.96 Å². The lowest BCUT2D eigenvalue weighted by Gasteiger charge is -2.38. The van der Waals surface area contributed by atoms with E-state index in [2.05, 4.69) is 20.6 Å². The van der Waals surface area contributed by atoms with E-state index < -0.39 is 5.54 Å². The third kappa shape index (κ3) is 3.15. The average molecular weight is 351 g/mol. The minimum atomic E-state index is -0.766. The Kier molecular flexibility index (Phi) is 4.71. The standard InChI is InChI=1S/C19H21N5O2/c1-3-19(12(2)16(25)23-18(20)24-19)13-7-6-8-14(11-13)22-17(26)15-9-4-5-10-21-15/h4-12H,3H2,1-2H3,(H,22,26)(H3,20,23,24,25)/t12?,19-/m0/s1. The van der Waals surface area contributed by atoms with E-state index in [4.69, 9.17) is 5.73 Å². The molecule has 7 nitrogen and oxygen atoms in total. The summed E-state index contributed by atoms with van der Waals surface area (Å²) >= 11 is 0. The average Bonchev–Trinajstić information content (AvgIpc) is 2.65. The first kappa shape index (κ1) is 17.6. The van der Waals surface area contributed by atoms with Gasteiger partial charge in [0.1, 0.15) is 11.2 Å². The number of amides is 2. The van der Waals surface area contributed by atoms with Gasteiger partial charge >= 0.3 is 0 Å². The fourth-order valence-electron chi connectivity index (χ4n) is 3.25. The van der Waals surface area contributed by atoms with E-state index in [0.29, 0.717) is 17.8 Å². The summed E-state index contributed by atoms with van der Waals surface area (Å²) in [6.45, 7) is 3.79. The number of nitrogens with one attached hydrogen (secondary N) is 2. The second kappa shape index (κ2) is 6.95. The minimum absolute atomic E-state index is 0.109. The monoisotopic (exact) mass is 351 g/mol. The topological polar surface area (TPSA) is 109 Å². The Labute approximate surface area is 151 Å². The number of nitrogens with zero attached hydrogens (tertiary/aromatic N) is 2. The molecule has 1 aliphatic heterocycles. The van der Waals surface area contributed by atoms with Crippen LogP contribution in [0, 0.1) is 5.92 Å². The van der Waals surface area contributed by atoms with Crippen LogP contribution in [0.25, 0.3) is 0 Å². The molecule has 2 aromatic rings. The summed E-state index contributed by atoms with van der Waals surface area (Å²) in [5.41, 5.74) is 6.81. The number of guanidine groups is 1. The summed E-state index contributed by atoms with van der Waals surface area (Å²) in [5, 5.41) is 5.40. The van der Waals surface area contributed by atoms with Gasteiger partial charge in [-0.2, -0.15) is 0 Å². The molecule has 2 atom stereocenters. The number of aliphatic imine (C=N–C) groups is 1. The highest BCUT2D eigenvalue weighted by Gasteiger charge is 2.43. The zero-order valence-corrected chi connectivity index (χ0v) is 14.7. The van der Waals surface area contributed by atoms with Crippen LogP contribution in [0.1, 0.15) is 36.3 Å². The molecule has 0 fully saturated rings. The van der Waals surface area contributed by atoms with Crippen molar-refractivity contribution >= 4 is 23.5 Å². The number of pyridine rings is 1. The molecule has 0 aliphatic carbocycles. The Morgan fingerprint density at radius 3 is 2.81 bits per heavy atom. The van der Waals surface area contributed by atoms with E-state index in [-0.39, 0.29) is 23.7 Å². The van der Waals surface area contributed by atoms with Crippen molar-refractivity contribution in [3.05, 3.63) is 59.9 Å². The van der Waals surface area contributed by atoms with Crippen molar-refractivity contribution in [1.82, 2.24) is 10.3 Å². The van der Waals surface area contributed by atoms with Crippen molar-refractivity contribution in [3.63, 3.8) is 0 Å². The van der Waals surface area contributed by atoms with Crippen LogP contribution in [0.2, 0.25) is 0 Å². The van der Waals surface area contributed by atoms with Crippen LogP contribution >= 0.6 is 0 Å². The minimum Gasteiger partial charge on any atom is -0.370 e. The van der Waals surface area contributed by atoms with Gasteiger partial charge in [-0.05, 0) is 36.2 Å². The predicted octanol–water partition coefficient (Wildman–Crippen LogP) is 2.02. The summed E-state index contributed by atoms with van der Waals surface area (Å²) in [6, 6.07) is 12.5. The van der Waals surface area contributed by atoms with Crippen molar-refractivity contribution in [2.75, 3.05) is 5.32 Å². The Morgan fingerprint density at radius 2 is 2.12 bits per heavy atom. The zero-order chi connectivity index (χ0) is 18.7. The molecule has 1 aromatic heterocycles. The highest BCUT2D eigenvalue weighted by molar-refractivity contribution is 6.03. The fraction of sp³-hybridized carbons (Fsp3) is 0.263. The normalized spacial score (nSPS) is 22.3. The van der Waals surface area contributed by atoms with Crippen LogP contribution in [-0.4, -0.2) is 22.8 Å². The second-order valence-electron chi connectivity index (χ2n) is 6.24. The van der Waals surface area contributed by atoms with E-state index in [1.165, 1.54) is 0 Å². The van der Waals surface area contributed by atoms with Gasteiger partial charge < -0.3 is 11.1 Å². The maximum atomic E-state index is 12.3. The summed E-state index contributed by atoms with van der Waals surface area (Å²) in [6.07, 6.45) is 2.16. The number of anilines is 1. The van der Waals surface area contributed by atoms with Crippen LogP contribution in [-0.2, 0) is 10.3 Å². The molecule has 1 aromatic carbocycles. The largest absolute Gasteiger partial charge is 0.370 e. The summed E-state index contributed by atoms with van der Waals surface area (Å²) < 4.78 is 0. The van der Waals surface area contributed by atoms with Crippen LogP contribution in [0.3, 0.4) is 0 Å².